The molecule has 0 aromatic rings. The van der Waals surface area contributed by atoms with Crippen LogP contribution in [-0.4, -0.2) is 190 Å². The molecule has 2 fully saturated rings. The Morgan fingerprint density at radius 2 is 1.50 bits per heavy atom. The molecule has 40 heavy (non-hydrogen) atoms. The topological polar surface area (TPSA) is 343 Å². The fraction of sp³-hybridized carbons (Fsp3) is 0.952. The van der Waals surface area contributed by atoms with Gasteiger partial charge in [-0.25, -0.2) is 4.79 Å². The number of aliphatic carboxylic acids is 1. The van der Waals surface area contributed by atoms with Gasteiger partial charge in [0.25, 0.3) is 5.79 Å². The van der Waals surface area contributed by atoms with Gasteiger partial charge in [-0.1, -0.05) is 0 Å². The maximum absolute atomic E-state index is 12.3. The normalized spacial score (nSPS) is 39.6. The van der Waals surface area contributed by atoms with Gasteiger partial charge in [0, 0.05) is 6.42 Å². The van der Waals surface area contributed by atoms with Crippen LogP contribution >= 0.6 is 0 Å². The van der Waals surface area contributed by atoms with E-state index >= 15 is 0 Å². The lowest BCUT2D eigenvalue weighted by atomic mass is 9.88. The maximum Gasteiger partial charge on any atom is 0.364 e. The molecule has 2 aliphatic heterocycles. The Hall–Kier alpha value is -1.21. The molecule has 0 aromatic heterocycles. The van der Waals surface area contributed by atoms with Crippen LogP contribution in [-0.2, 0) is 23.7 Å². The number of rotatable bonds is 14. The average molecular weight is 594 g/mol. The van der Waals surface area contributed by atoms with Crippen molar-refractivity contribution in [3.63, 3.8) is 0 Å². The highest BCUT2D eigenvalue weighted by molar-refractivity contribution is 5.76. The van der Waals surface area contributed by atoms with E-state index in [1.54, 1.807) is 0 Å². The third-order valence-electron chi connectivity index (χ3n) is 6.80. The van der Waals surface area contributed by atoms with E-state index in [0.29, 0.717) is 0 Å². The summed E-state index contributed by atoms with van der Waals surface area (Å²) in [5.41, 5.74) is 5.80. The predicted molar refractivity (Wildman–Crippen MR) is 123 cm³/mol. The van der Waals surface area contributed by atoms with Crippen LogP contribution in [0.5, 0.6) is 0 Å². The molecule has 2 saturated heterocycles. The molecule has 15 atom stereocenters. The first kappa shape index (κ1) is 35.0. The molecule has 19 nitrogen and oxygen atoms in total. The SMILES string of the molecule is N[C@H]1[C@H]([C@H](O)[C@H](O)CO)O[C@@](O[C@H]2[C@@H](O)[C@@H](CO)O[C@@H](O[C@@H]([C@H](O)[C@@H](O)CO)[C@H](O)CO)[C@@H]2O)(C(=O)O)C[C@@H]1O. The third-order valence-corrected chi connectivity index (χ3v) is 6.80. The fourth-order valence-corrected chi connectivity index (χ4v) is 4.37. The quantitative estimate of drug-likeness (QED) is 0.0888. The lowest BCUT2D eigenvalue weighted by Crippen LogP contribution is -2.69. The van der Waals surface area contributed by atoms with Gasteiger partial charge < -0.3 is 91.1 Å². The Bertz CT molecular complexity index is 795. The molecule has 0 amide bonds. The number of ether oxygens (including phenoxy) is 4. The van der Waals surface area contributed by atoms with Crippen molar-refractivity contribution in [2.24, 2.45) is 5.73 Å². The molecule has 19 heteroatoms. The van der Waals surface area contributed by atoms with Crippen LogP contribution in [0.2, 0.25) is 0 Å². The molecule has 0 aromatic carbocycles. The molecule has 15 N–H and O–H groups in total. The second-order valence-corrected chi connectivity index (χ2v) is 9.61. The van der Waals surface area contributed by atoms with E-state index in [2.05, 4.69) is 0 Å². The van der Waals surface area contributed by atoms with Crippen LogP contribution in [0.15, 0.2) is 0 Å². The van der Waals surface area contributed by atoms with E-state index < -0.39 is 130 Å². The van der Waals surface area contributed by atoms with Crippen molar-refractivity contribution in [2.75, 3.05) is 26.4 Å². The summed E-state index contributed by atoms with van der Waals surface area (Å²) in [6.07, 6.45) is -26.5. The summed E-state index contributed by atoms with van der Waals surface area (Å²) in [4.78, 5) is 12.3. The Morgan fingerprint density at radius 3 is 2.00 bits per heavy atom. The minimum absolute atomic E-state index is 0.943. The van der Waals surface area contributed by atoms with E-state index in [-0.39, 0.29) is 0 Å². The van der Waals surface area contributed by atoms with Gasteiger partial charge in [0.1, 0.15) is 67.1 Å². The van der Waals surface area contributed by atoms with Crippen molar-refractivity contribution in [2.45, 2.75) is 97.8 Å². The highest BCUT2D eigenvalue weighted by Crippen LogP contribution is 2.37. The highest BCUT2D eigenvalue weighted by Gasteiger charge is 2.59. The van der Waals surface area contributed by atoms with Crippen molar-refractivity contribution >= 4 is 5.97 Å². The average Bonchev–Trinajstić information content (AvgIpc) is 2.94. The van der Waals surface area contributed by atoms with Crippen molar-refractivity contribution in [3.8, 4) is 0 Å². The summed E-state index contributed by atoms with van der Waals surface area (Å²) < 4.78 is 21.4. The number of carboxylic acid groups (broad SMARTS) is 1. The van der Waals surface area contributed by atoms with Gasteiger partial charge in [0.05, 0.1) is 38.6 Å². The lowest BCUT2D eigenvalue weighted by molar-refractivity contribution is -0.376. The van der Waals surface area contributed by atoms with E-state index in [4.69, 9.17) is 34.9 Å². The summed E-state index contributed by atoms with van der Waals surface area (Å²) in [5, 5.41) is 130. The smallest absolute Gasteiger partial charge is 0.364 e. The largest absolute Gasteiger partial charge is 0.477 e. The molecule has 0 bridgehead atoms. The van der Waals surface area contributed by atoms with E-state index in [1.807, 2.05) is 0 Å². The molecule has 2 aliphatic rings. The van der Waals surface area contributed by atoms with E-state index in [1.165, 1.54) is 0 Å². The summed E-state index contributed by atoms with van der Waals surface area (Å²) >= 11 is 0. The van der Waals surface area contributed by atoms with Gasteiger partial charge in [0.15, 0.2) is 6.29 Å². The molecule has 2 rings (SSSR count). The Kier molecular flexibility index (Phi) is 12.9. The van der Waals surface area contributed by atoms with Crippen LogP contribution in [0.25, 0.3) is 0 Å². The molecule has 0 radical (unpaired) electrons. The first-order chi connectivity index (χ1) is 18.7. The molecular weight excluding hydrogens is 554 g/mol. The fourth-order valence-electron chi connectivity index (χ4n) is 4.37. The highest BCUT2D eigenvalue weighted by atomic mass is 16.8. The van der Waals surface area contributed by atoms with Crippen LogP contribution in [0, 0.1) is 0 Å². The van der Waals surface area contributed by atoms with Gasteiger partial charge in [-0.15, -0.1) is 0 Å². The minimum Gasteiger partial charge on any atom is -0.477 e. The van der Waals surface area contributed by atoms with Crippen molar-refractivity contribution < 1.29 is 90.1 Å². The summed E-state index contributed by atoms with van der Waals surface area (Å²) in [6.45, 7) is -4.05. The number of aliphatic hydroxyl groups is 12. The monoisotopic (exact) mass is 593 g/mol. The minimum atomic E-state index is -2.97. The second-order valence-electron chi connectivity index (χ2n) is 9.61. The molecule has 0 spiro atoms. The molecule has 0 saturated carbocycles. The van der Waals surface area contributed by atoms with Crippen LogP contribution in [0.4, 0.5) is 0 Å². The standard InChI is InChI=1S/C21H39NO18/c22-11-6(27)1-21(20(35)36,39-17(11)13(32)8(29)3-24)40-18-14(33)10(5-26)37-19(15(18)34)38-16(9(30)4-25)12(31)7(28)2-23/h6-19,23-34H,1-5,22H2,(H,35,36)/t6-,7-,8+,9+,10+,11+,12+,13+,14-,15+,16+,17+,18-,19-,21-/m0/s1. The van der Waals surface area contributed by atoms with Crippen molar-refractivity contribution in [1.82, 2.24) is 0 Å². The first-order valence-corrected chi connectivity index (χ1v) is 12.2. The Balaban J connectivity index is 2.43. The van der Waals surface area contributed by atoms with Crippen LogP contribution < -0.4 is 5.73 Å². The number of nitrogens with two attached hydrogens (primary N) is 1. The molecule has 0 unspecified atom stereocenters. The van der Waals surface area contributed by atoms with Gasteiger partial charge in [-0.05, 0) is 0 Å². The zero-order valence-electron chi connectivity index (χ0n) is 21.1. The van der Waals surface area contributed by atoms with Crippen molar-refractivity contribution in [1.29, 1.82) is 0 Å². The Morgan fingerprint density at radius 1 is 0.925 bits per heavy atom. The number of carboxylic acids is 1. The molecular formula is C21H39NO18. The third kappa shape index (κ3) is 7.40. The summed E-state index contributed by atoms with van der Waals surface area (Å²) in [6, 6.07) is -1.50. The van der Waals surface area contributed by atoms with Gasteiger partial charge in [0.2, 0.25) is 0 Å². The van der Waals surface area contributed by atoms with Crippen LogP contribution in [0.3, 0.4) is 0 Å². The number of carbonyl (C=O) groups is 1. The zero-order valence-corrected chi connectivity index (χ0v) is 21.1. The first-order valence-electron chi connectivity index (χ1n) is 12.2. The molecule has 2 heterocycles. The number of aliphatic hydroxyl groups excluding tert-OH is 12. The van der Waals surface area contributed by atoms with E-state index in [0.717, 1.165) is 0 Å². The second kappa shape index (κ2) is 14.8. The zero-order chi connectivity index (χ0) is 30.5. The lowest BCUT2D eigenvalue weighted by Gasteiger charge is -2.49. The van der Waals surface area contributed by atoms with Crippen molar-refractivity contribution in [3.05, 3.63) is 0 Å². The summed E-state index contributed by atoms with van der Waals surface area (Å²) in [7, 11) is 0. The van der Waals surface area contributed by atoms with Gasteiger partial charge in [-0.3, -0.25) is 0 Å². The molecule has 236 valence electrons. The number of hydrogen-bond acceptors (Lipinski definition) is 18. The molecule has 0 aliphatic carbocycles. The van der Waals surface area contributed by atoms with Crippen LogP contribution in [0.1, 0.15) is 6.42 Å². The Labute approximate surface area is 226 Å². The summed E-state index contributed by atoms with van der Waals surface area (Å²) in [5.74, 6) is -4.92. The van der Waals surface area contributed by atoms with Gasteiger partial charge in [-0.2, -0.15) is 0 Å². The van der Waals surface area contributed by atoms with Gasteiger partial charge >= 0.3 is 5.97 Å². The number of hydrogen-bond donors (Lipinski definition) is 14. The predicted octanol–water partition coefficient (Wildman–Crippen LogP) is -8.76. The van der Waals surface area contributed by atoms with E-state index in [9.17, 15) is 61.0 Å². The maximum atomic E-state index is 12.3.